The fourth-order valence-corrected chi connectivity index (χ4v) is 1.11. The molecule has 3 nitrogen and oxygen atoms in total. The lowest BCUT2D eigenvalue weighted by Crippen LogP contribution is -2.05. The lowest BCUT2D eigenvalue weighted by Gasteiger charge is -2.05. The van der Waals surface area contributed by atoms with Gasteiger partial charge in [-0.15, -0.1) is 0 Å². The smallest absolute Gasteiger partial charge is 0.307 e. The molecule has 0 aliphatic heterocycles. The SMILES string of the molecule is C[C@H](N)c1ccc(CC(=O)O)cc1. The summed E-state index contributed by atoms with van der Waals surface area (Å²) in [6.07, 6.45) is 0.0687. The van der Waals surface area contributed by atoms with Crippen LogP contribution in [0.1, 0.15) is 24.1 Å². The zero-order valence-corrected chi connectivity index (χ0v) is 7.53. The highest BCUT2D eigenvalue weighted by Gasteiger charge is 2.01. The van der Waals surface area contributed by atoms with Gasteiger partial charge in [0.25, 0.3) is 0 Å². The van der Waals surface area contributed by atoms with Crippen LogP contribution in [-0.2, 0) is 11.2 Å². The van der Waals surface area contributed by atoms with Crippen molar-refractivity contribution < 1.29 is 9.90 Å². The van der Waals surface area contributed by atoms with Crippen molar-refractivity contribution in [2.24, 2.45) is 5.73 Å². The van der Waals surface area contributed by atoms with Crippen LogP contribution in [0.3, 0.4) is 0 Å². The van der Waals surface area contributed by atoms with Crippen molar-refractivity contribution in [3.05, 3.63) is 35.4 Å². The average Bonchev–Trinajstić information content (AvgIpc) is 2.04. The molecule has 1 aromatic rings. The summed E-state index contributed by atoms with van der Waals surface area (Å²) >= 11 is 0. The van der Waals surface area contributed by atoms with E-state index < -0.39 is 5.97 Å². The van der Waals surface area contributed by atoms with Gasteiger partial charge in [0, 0.05) is 6.04 Å². The maximum atomic E-state index is 10.4. The Bertz CT molecular complexity index is 290. The number of hydrogen-bond acceptors (Lipinski definition) is 2. The second kappa shape index (κ2) is 4.05. The number of rotatable bonds is 3. The first-order valence-electron chi connectivity index (χ1n) is 4.16. The zero-order valence-electron chi connectivity index (χ0n) is 7.53. The molecule has 0 bridgehead atoms. The second-order valence-electron chi connectivity index (χ2n) is 3.10. The van der Waals surface area contributed by atoms with E-state index in [1.165, 1.54) is 0 Å². The Morgan fingerprint density at radius 1 is 1.46 bits per heavy atom. The van der Waals surface area contributed by atoms with Crippen LogP contribution in [0.15, 0.2) is 24.3 Å². The molecule has 0 saturated carbocycles. The molecule has 1 aromatic carbocycles. The van der Waals surface area contributed by atoms with E-state index >= 15 is 0 Å². The molecule has 0 aromatic heterocycles. The predicted octanol–water partition coefficient (Wildman–Crippen LogP) is 1.33. The Kier molecular flexibility index (Phi) is 3.03. The quantitative estimate of drug-likeness (QED) is 0.735. The van der Waals surface area contributed by atoms with Crippen LogP contribution in [0, 0.1) is 0 Å². The molecule has 1 rings (SSSR count). The van der Waals surface area contributed by atoms with Crippen LogP contribution < -0.4 is 5.73 Å². The topological polar surface area (TPSA) is 63.3 Å². The lowest BCUT2D eigenvalue weighted by atomic mass is 10.1. The molecule has 0 spiro atoms. The molecule has 0 saturated heterocycles. The minimum Gasteiger partial charge on any atom is -0.481 e. The average molecular weight is 179 g/mol. The van der Waals surface area contributed by atoms with Gasteiger partial charge >= 0.3 is 5.97 Å². The Labute approximate surface area is 77.2 Å². The monoisotopic (exact) mass is 179 g/mol. The van der Waals surface area contributed by atoms with E-state index in [9.17, 15) is 4.79 Å². The van der Waals surface area contributed by atoms with Gasteiger partial charge in [-0.05, 0) is 18.1 Å². The van der Waals surface area contributed by atoms with E-state index in [0.717, 1.165) is 11.1 Å². The molecule has 13 heavy (non-hydrogen) atoms. The molecule has 0 amide bonds. The minimum absolute atomic E-state index is 0.00104. The molecule has 1 atom stereocenters. The van der Waals surface area contributed by atoms with Crippen molar-refractivity contribution in [3.63, 3.8) is 0 Å². The van der Waals surface area contributed by atoms with Crippen LogP contribution in [0.25, 0.3) is 0 Å². The van der Waals surface area contributed by atoms with Gasteiger partial charge in [0.2, 0.25) is 0 Å². The maximum absolute atomic E-state index is 10.4. The molecule has 0 aliphatic carbocycles. The number of aliphatic carboxylic acids is 1. The highest BCUT2D eigenvalue weighted by molar-refractivity contribution is 5.70. The molecule has 0 heterocycles. The van der Waals surface area contributed by atoms with Crippen molar-refractivity contribution in [1.29, 1.82) is 0 Å². The van der Waals surface area contributed by atoms with Gasteiger partial charge < -0.3 is 10.8 Å². The number of benzene rings is 1. The Morgan fingerprint density at radius 2 is 2.00 bits per heavy atom. The third-order valence-electron chi connectivity index (χ3n) is 1.86. The van der Waals surface area contributed by atoms with Crippen LogP contribution in [-0.4, -0.2) is 11.1 Å². The fraction of sp³-hybridized carbons (Fsp3) is 0.300. The number of hydrogen-bond donors (Lipinski definition) is 2. The van der Waals surface area contributed by atoms with Crippen LogP contribution in [0.5, 0.6) is 0 Å². The van der Waals surface area contributed by atoms with Gasteiger partial charge in [-0.2, -0.15) is 0 Å². The van der Waals surface area contributed by atoms with E-state index in [1.807, 2.05) is 19.1 Å². The summed E-state index contributed by atoms with van der Waals surface area (Å²) in [7, 11) is 0. The number of carbonyl (C=O) groups is 1. The minimum atomic E-state index is -0.812. The van der Waals surface area contributed by atoms with Crippen molar-refractivity contribution in [3.8, 4) is 0 Å². The van der Waals surface area contributed by atoms with Gasteiger partial charge in [-0.25, -0.2) is 0 Å². The first kappa shape index (κ1) is 9.74. The summed E-state index contributed by atoms with van der Waals surface area (Å²) in [5, 5.41) is 8.52. The number of nitrogens with two attached hydrogens (primary N) is 1. The Morgan fingerprint density at radius 3 is 2.38 bits per heavy atom. The molecule has 0 unspecified atom stereocenters. The first-order valence-corrected chi connectivity index (χ1v) is 4.16. The van der Waals surface area contributed by atoms with Gasteiger partial charge in [0.15, 0.2) is 0 Å². The Balaban J connectivity index is 2.75. The Hall–Kier alpha value is -1.35. The molecule has 70 valence electrons. The van der Waals surface area contributed by atoms with Gasteiger partial charge in [0.1, 0.15) is 0 Å². The second-order valence-corrected chi connectivity index (χ2v) is 3.10. The molecule has 0 aliphatic rings. The van der Waals surface area contributed by atoms with Crippen LogP contribution in [0.4, 0.5) is 0 Å². The van der Waals surface area contributed by atoms with Gasteiger partial charge in [-0.1, -0.05) is 24.3 Å². The van der Waals surface area contributed by atoms with E-state index in [4.69, 9.17) is 10.8 Å². The van der Waals surface area contributed by atoms with Gasteiger partial charge in [0.05, 0.1) is 6.42 Å². The highest BCUT2D eigenvalue weighted by atomic mass is 16.4. The fourth-order valence-electron chi connectivity index (χ4n) is 1.11. The predicted molar refractivity (Wildman–Crippen MR) is 50.4 cm³/mol. The van der Waals surface area contributed by atoms with E-state index in [0.29, 0.717) is 0 Å². The standard InChI is InChI=1S/C10H13NO2/c1-7(11)9-4-2-8(3-5-9)6-10(12)13/h2-5,7H,6,11H2,1H3,(H,12,13)/t7-/m0/s1. The maximum Gasteiger partial charge on any atom is 0.307 e. The summed E-state index contributed by atoms with van der Waals surface area (Å²) in [6, 6.07) is 7.32. The summed E-state index contributed by atoms with van der Waals surface area (Å²) in [5.74, 6) is -0.812. The molecule has 0 fully saturated rings. The normalized spacial score (nSPS) is 12.5. The van der Waals surface area contributed by atoms with Crippen LogP contribution >= 0.6 is 0 Å². The third kappa shape index (κ3) is 2.87. The molecule has 0 radical (unpaired) electrons. The van der Waals surface area contributed by atoms with Crippen molar-refractivity contribution in [1.82, 2.24) is 0 Å². The summed E-state index contributed by atoms with van der Waals surface area (Å²) in [6.45, 7) is 1.90. The van der Waals surface area contributed by atoms with Crippen molar-refractivity contribution >= 4 is 5.97 Å². The number of carboxylic acids is 1. The van der Waals surface area contributed by atoms with Crippen molar-refractivity contribution in [2.75, 3.05) is 0 Å². The van der Waals surface area contributed by atoms with Crippen molar-refractivity contribution in [2.45, 2.75) is 19.4 Å². The molecule has 3 heteroatoms. The summed E-state index contributed by atoms with van der Waals surface area (Å²) in [5.41, 5.74) is 7.47. The van der Waals surface area contributed by atoms with E-state index in [2.05, 4.69) is 0 Å². The molecular weight excluding hydrogens is 166 g/mol. The largest absolute Gasteiger partial charge is 0.481 e. The molecule has 3 N–H and O–H groups in total. The lowest BCUT2D eigenvalue weighted by molar-refractivity contribution is -0.136. The number of carboxylic acid groups (broad SMARTS) is 1. The zero-order chi connectivity index (χ0) is 9.84. The first-order chi connectivity index (χ1) is 6.09. The highest BCUT2D eigenvalue weighted by Crippen LogP contribution is 2.10. The molecular formula is C10H13NO2. The van der Waals surface area contributed by atoms with Gasteiger partial charge in [-0.3, -0.25) is 4.79 Å². The summed E-state index contributed by atoms with van der Waals surface area (Å²) in [4.78, 5) is 10.4. The third-order valence-corrected chi connectivity index (χ3v) is 1.86. The van der Waals surface area contributed by atoms with Crippen LogP contribution in [0.2, 0.25) is 0 Å². The van der Waals surface area contributed by atoms with E-state index in [1.54, 1.807) is 12.1 Å². The summed E-state index contributed by atoms with van der Waals surface area (Å²) < 4.78 is 0. The van der Waals surface area contributed by atoms with E-state index in [-0.39, 0.29) is 12.5 Å².